The molecular formula is C18H33IO9. The van der Waals surface area contributed by atoms with E-state index >= 15 is 0 Å². The van der Waals surface area contributed by atoms with Gasteiger partial charge in [-0.2, -0.15) is 0 Å². The summed E-state index contributed by atoms with van der Waals surface area (Å²) in [5.74, 6) is -0.0581. The number of esters is 1. The summed E-state index contributed by atoms with van der Waals surface area (Å²) in [6.45, 7) is 7.23. The Labute approximate surface area is 179 Å². The molecule has 2 saturated heterocycles. The molecule has 0 spiro atoms. The van der Waals surface area contributed by atoms with Crippen LogP contribution in [0.5, 0.6) is 0 Å². The van der Waals surface area contributed by atoms with Crippen LogP contribution in [0.2, 0.25) is 0 Å². The first kappa shape index (κ1) is 26.0. The first-order chi connectivity index (χ1) is 13.0. The molecule has 166 valence electrons. The van der Waals surface area contributed by atoms with Crippen molar-refractivity contribution >= 4 is 28.6 Å². The maximum Gasteiger partial charge on any atom is 0.311 e. The third-order valence-electron chi connectivity index (χ3n) is 4.65. The normalized spacial score (nSPS) is 38.1. The molecule has 2 rings (SSSR count). The lowest BCUT2D eigenvalue weighted by molar-refractivity contribution is -0.184. The van der Waals surface area contributed by atoms with E-state index in [0.717, 1.165) is 4.43 Å². The molecule has 2 heterocycles. The third-order valence-corrected chi connectivity index (χ3v) is 5.52. The average molecular weight is 520 g/mol. The van der Waals surface area contributed by atoms with Gasteiger partial charge in [0.05, 0.1) is 18.1 Å². The number of rotatable bonds is 5. The highest BCUT2D eigenvalue weighted by molar-refractivity contribution is 14.1. The zero-order valence-electron chi connectivity index (χ0n) is 17.2. The summed E-state index contributed by atoms with van der Waals surface area (Å²) in [7, 11) is 2.94. The van der Waals surface area contributed by atoms with Gasteiger partial charge in [-0.25, -0.2) is 0 Å². The fourth-order valence-corrected chi connectivity index (χ4v) is 3.73. The third kappa shape index (κ3) is 6.46. The largest absolute Gasteiger partial charge is 0.456 e. The van der Waals surface area contributed by atoms with Crippen molar-refractivity contribution in [2.24, 2.45) is 11.3 Å². The van der Waals surface area contributed by atoms with Crippen LogP contribution in [0.1, 0.15) is 27.7 Å². The number of carbonyl (C=O) groups is 1. The van der Waals surface area contributed by atoms with E-state index in [1.165, 1.54) is 7.11 Å². The second kappa shape index (κ2) is 11.3. The molecule has 28 heavy (non-hydrogen) atoms. The Kier molecular flexibility index (Phi) is 10.5. The van der Waals surface area contributed by atoms with Crippen molar-refractivity contribution in [1.29, 1.82) is 0 Å². The molecular weight excluding hydrogens is 487 g/mol. The summed E-state index contributed by atoms with van der Waals surface area (Å²) >= 11 is 2.27. The maximum atomic E-state index is 11.9. The summed E-state index contributed by atoms with van der Waals surface area (Å²) in [6, 6.07) is 0. The minimum Gasteiger partial charge on any atom is -0.456 e. The zero-order valence-corrected chi connectivity index (χ0v) is 19.4. The lowest BCUT2D eigenvalue weighted by Gasteiger charge is -2.25. The van der Waals surface area contributed by atoms with E-state index in [1.807, 2.05) is 27.7 Å². The predicted octanol–water partition coefficient (Wildman–Crippen LogP) is 0.459. The van der Waals surface area contributed by atoms with E-state index in [0.29, 0.717) is 0 Å². The maximum absolute atomic E-state index is 11.9. The minimum atomic E-state index is -1.07. The Morgan fingerprint density at radius 3 is 1.93 bits per heavy atom. The number of aliphatic hydroxyl groups is 3. The molecule has 10 heteroatoms. The monoisotopic (exact) mass is 520 g/mol. The smallest absolute Gasteiger partial charge is 0.311 e. The van der Waals surface area contributed by atoms with Crippen LogP contribution >= 0.6 is 22.6 Å². The average Bonchev–Trinajstić information content (AvgIpc) is 3.11. The summed E-state index contributed by atoms with van der Waals surface area (Å²) < 4.78 is 26.9. The zero-order chi connectivity index (χ0) is 21.6. The minimum absolute atomic E-state index is 0.0818. The quantitative estimate of drug-likeness (QED) is 0.270. The second-order valence-electron chi connectivity index (χ2n) is 7.85. The van der Waals surface area contributed by atoms with Crippen molar-refractivity contribution in [3.63, 3.8) is 0 Å². The highest BCUT2D eigenvalue weighted by atomic mass is 127. The molecule has 0 aliphatic carbocycles. The van der Waals surface area contributed by atoms with Crippen molar-refractivity contribution in [2.75, 3.05) is 25.3 Å². The number of hydrogen-bond acceptors (Lipinski definition) is 9. The number of alkyl halides is 1. The van der Waals surface area contributed by atoms with Crippen LogP contribution in [0.25, 0.3) is 0 Å². The Hall–Kier alpha value is -0.0800. The molecule has 2 fully saturated rings. The molecule has 8 atom stereocenters. The molecule has 0 aromatic heterocycles. The van der Waals surface area contributed by atoms with E-state index < -0.39 is 36.3 Å². The molecule has 3 N–H and O–H groups in total. The lowest BCUT2D eigenvalue weighted by Crippen LogP contribution is -2.36. The van der Waals surface area contributed by atoms with Gasteiger partial charge in [0.15, 0.2) is 18.7 Å². The van der Waals surface area contributed by atoms with E-state index in [-0.39, 0.29) is 30.7 Å². The fraction of sp³-hybridized carbons (Fsp3) is 0.944. The van der Waals surface area contributed by atoms with Crippen molar-refractivity contribution in [1.82, 2.24) is 0 Å². The molecule has 0 radical (unpaired) electrons. The molecule has 2 aliphatic heterocycles. The van der Waals surface area contributed by atoms with Gasteiger partial charge in [0, 0.05) is 24.6 Å². The van der Waals surface area contributed by atoms with Crippen LogP contribution in [0, 0.1) is 11.3 Å². The van der Waals surface area contributed by atoms with E-state index in [1.54, 1.807) is 7.11 Å². The van der Waals surface area contributed by atoms with Crippen LogP contribution < -0.4 is 0 Å². The van der Waals surface area contributed by atoms with Crippen LogP contribution in [-0.4, -0.2) is 89.6 Å². The van der Waals surface area contributed by atoms with Crippen LogP contribution in [0.15, 0.2) is 0 Å². The van der Waals surface area contributed by atoms with Crippen molar-refractivity contribution in [3.05, 3.63) is 0 Å². The van der Waals surface area contributed by atoms with Gasteiger partial charge < -0.3 is 39.0 Å². The van der Waals surface area contributed by atoms with Crippen LogP contribution in [-0.2, 0) is 28.5 Å². The number of methoxy groups -OCH3 is 2. The van der Waals surface area contributed by atoms with Gasteiger partial charge in [-0.3, -0.25) is 4.79 Å². The van der Waals surface area contributed by atoms with Crippen molar-refractivity contribution < 1.29 is 43.8 Å². The summed E-state index contributed by atoms with van der Waals surface area (Å²) in [6.07, 6.45) is -4.39. The molecule has 0 aromatic rings. The first-order valence-electron chi connectivity index (χ1n) is 9.12. The molecule has 2 aliphatic rings. The lowest BCUT2D eigenvalue weighted by atomic mass is 9.96. The van der Waals surface area contributed by atoms with Gasteiger partial charge in [0.1, 0.15) is 18.3 Å². The second-order valence-corrected chi connectivity index (χ2v) is 8.74. The standard InChI is InChI=1S/C12H21IO4.C6H12O5/c1-7-8(6-13)16-10(15-5)9(7)17-11(14)12(2,3)4;1-10-6-5(9)4(8)3(2-7)11-6/h7-10H,6H2,1-5H3;3-9H,2H2,1H3/t7-,8-,9-,10-;3-,4-,5-,6-/m11/s1. The van der Waals surface area contributed by atoms with E-state index in [4.69, 9.17) is 34.3 Å². The molecule has 0 saturated carbocycles. The number of ether oxygens (including phenoxy) is 5. The van der Waals surface area contributed by atoms with Gasteiger partial charge in [-0.15, -0.1) is 0 Å². The van der Waals surface area contributed by atoms with Crippen LogP contribution in [0.4, 0.5) is 0 Å². The molecule has 0 unspecified atom stereocenters. The van der Waals surface area contributed by atoms with E-state index in [9.17, 15) is 4.79 Å². The summed E-state index contributed by atoms with van der Waals surface area (Å²) in [5.41, 5.74) is -0.500. The SMILES string of the molecule is CO[C@@H]1O[C@H](CI)[C@@H](C)[C@H]1OC(=O)C(C)(C)C.CO[C@@H]1O[C@H](CO)[C@@H](O)[C@H]1O. The highest BCUT2D eigenvalue weighted by Crippen LogP contribution is 2.32. The predicted molar refractivity (Wildman–Crippen MR) is 108 cm³/mol. The van der Waals surface area contributed by atoms with Gasteiger partial charge in [0.25, 0.3) is 0 Å². The van der Waals surface area contributed by atoms with E-state index in [2.05, 4.69) is 27.3 Å². The van der Waals surface area contributed by atoms with Gasteiger partial charge in [-0.05, 0) is 20.8 Å². The fourth-order valence-electron chi connectivity index (χ4n) is 2.72. The Balaban J connectivity index is 0.000000307. The Bertz CT molecular complexity index is 464. The number of hydrogen-bond donors (Lipinski definition) is 3. The molecule has 0 aromatic carbocycles. The summed E-state index contributed by atoms with van der Waals surface area (Å²) in [4.78, 5) is 11.9. The molecule has 9 nitrogen and oxygen atoms in total. The van der Waals surface area contributed by atoms with Gasteiger partial charge in [0.2, 0.25) is 0 Å². The number of halogens is 1. The molecule has 0 bridgehead atoms. The van der Waals surface area contributed by atoms with Crippen LogP contribution in [0.3, 0.4) is 0 Å². The number of aliphatic hydroxyl groups excluding tert-OH is 3. The topological polar surface area (TPSA) is 124 Å². The summed E-state index contributed by atoms with van der Waals surface area (Å²) in [5, 5.41) is 26.9. The Morgan fingerprint density at radius 1 is 1.04 bits per heavy atom. The van der Waals surface area contributed by atoms with Gasteiger partial charge in [-0.1, -0.05) is 29.5 Å². The van der Waals surface area contributed by atoms with Crippen molar-refractivity contribution in [2.45, 2.75) is 70.8 Å². The van der Waals surface area contributed by atoms with Crippen molar-refractivity contribution in [3.8, 4) is 0 Å². The number of carbonyl (C=O) groups excluding carboxylic acids is 1. The van der Waals surface area contributed by atoms with Gasteiger partial charge >= 0.3 is 5.97 Å². The first-order valence-corrected chi connectivity index (χ1v) is 10.6. The highest BCUT2D eigenvalue weighted by Gasteiger charge is 2.45. The molecule has 0 amide bonds. The Morgan fingerprint density at radius 2 is 1.57 bits per heavy atom.